The Kier molecular flexibility index (Phi) is 4.49. The summed E-state index contributed by atoms with van der Waals surface area (Å²) < 4.78 is 14.7. The second-order valence-corrected chi connectivity index (χ2v) is 7.80. The van der Waals surface area contributed by atoms with Gasteiger partial charge in [-0.15, -0.1) is 11.3 Å². The van der Waals surface area contributed by atoms with Gasteiger partial charge in [-0.05, 0) is 37.1 Å². The van der Waals surface area contributed by atoms with Crippen LogP contribution in [0.1, 0.15) is 16.0 Å². The SMILES string of the molecule is Cc1sc2nc(SCc3ccc(F)cc3Cl)n(C)c(=O)c2c1C. The fourth-order valence-electron chi connectivity index (χ4n) is 2.27. The number of hydrogen-bond donors (Lipinski definition) is 0. The van der Waals surface area contributed by atoms with Crippen LogP contribution < -0.4 is 5.56 Å². The minimum absolute atomic E-state index is 0.0375. The summed E-state index contributed by atoms with van der Waals surface area (Å²) in [6, 6.07) is 4.32. The Morgan fingerprint density at radius 2 is 2.13 bits per heavy atom. The largest absolute Gasteiger partial charge is 0.290 e. The fourth-order valence-corrected chi connectivity index (χ4v) is 4.63. The van der Waals surface area contributed by atoms with Gasteiger partial charge in [0.15, 0.2) is 5.16 Å². The van der Waals surface area contributed by atoms with Crippen molar-refractivity contribution in [2.24, 2.45) is 7.05 Å². The molecule has 0 radical (unpaired) electrons. The monoisotopic (exact) mass is 368 g/mol. The number of aryl methyl sites for hydroxylation is 2. The molecule has 3 nitrogen and oxygen atoms in total. The van der Waals surface area contributed by atoms with E-state index in [0.717, 1.165) is 20.8 Å². The van der Waals surface area contributed by atoms with Gasteiger partial charge in [0.25, 0.3) is 5.56 Å². The van der Waals surface area contributed by atoms with Crippen molar-refractivity contribution in [2.45, 2.75) is 24.8 Å². The van der Waals surface area contributed by atoms with E-state index in [2.05, 4.69) is 4.98 Å². The molecule has 0 aliphatic carbocycles. The molecular formula is C16H14ClFN2OS2. The molecule has 2 aromatic heterocycles. The number of nitrogens with zero attached hydrogens (tertiary/aromatic N) is 2. The molecule has 7 heteroatoms. The van der Waals surface area contributed by atoms with Crippen LogP contribution in [0.15, 0.2) is 28.2 Å². The molecule has 0 spiro atoms. The van der Waals surface area contributed by atoms with Crippen LogP contribution in [0.4, 0.5) is 4.39 Å². The highest BCUT2D eigenvalue weighted by Crippen LogP contribution is 2.30. The molecule has 0 unspecified atom stereocenters. The second-order valence-electron chi connectivity index (χ2n) is 5.25. The first-order valence-electron chi connectivity index (χ1n) is 6.92. The van der Waals surface area contributed by atoms with Crippen molar-refractivity contribution in [1.82, 2.24) is 9.55 Å². The first-order chi connectivity index (χ1) is 10.9. The van der Waals surface area contributed by atoms with Crippen LogP contribution in [0.2, 0.25) is 5.02 Å². The summed E-state index contributed by atoms with van der Waals surface area (Å²) in [6.07, 6.45) is 0. The van der Waals surface area contributed by atoms with Crippen LogP contribution >= 0.6 is 34.7 Å². The maximum atomic E-state index is 13.1. The minimum atomic E-state index is -0.361. The van der Waals surface area contributed by atoms with E-state index in [0.29, 0.717) is 21.3 Å². The molecule has 0 aliphatic heterocycles. The average molecular weight is 369 g/mol. The molecule has 0 aliphatic rings. The predicted molar refractivity (Wildman–Crippen MR) is 95.3 cm³/mol. The van der Waals surface area contributed by atoms with Crippen molar-refractivity contribution in [3.05, 3.63) is 55.4 Å². The Morgan fingerprint density at radius 3 is 2.83 bits per heavy atom. The van der Waals surface area contributed by atoms with E-state index in [1.54, 1.807) is 17.7 Å². The van der Waals surface area contributed by atoms with Gasteiger partial charge in [-0.25, -0.2) is 9.37 Å². The Morgan fingerprint density at radius 1 is 1.39 bits per heavy atom. The summed E-state index contributed by atoms with van der Waals surface area (Å²) in [7, 11) is 1.72. The van der Waals surface area contributed by atoms with Crippen molar-refractivity contribution in [3.63, 3.8) is 0 Å². The molecule has 120 valence electrons. The molecule has 1 aromatic carbocycles. The maximum Gasteiger partial charge on any atom is 0.262 e. The number of halogens is 2. The summed E-state index contributed by atoms with van der Waals surface area (Å²) in [5, 5.41) is 1.70. The van der Waals surface area contributed by atoms with Gasteiger partial charge in [0, 0.05) is 22.7 Å². The van der Waals surface area contributed by atoms with Gasteiger partial charge in [-0.3, -0.25) is 9.36 Å². The lowest BCUT2D eigenvalue weighted by Gasteiger charge is -2.08. The lowest BCUT2D eigenvalue weighted by atomic mass is 10.2. The smallest absolute Gasteiger partial charge is 0.262 e. The third-order valence-electron chi connectivity index (χ3n) is 3.74. The fraction of sp³-hybridized carbons (Fsp3) is 0.250. The molecular weight excluding hydrogens is 355 g/mol. The van der Waals surface area contributed by atoms with E-state index < -0.39 is 0 Å². The number of hydrogen-bond acceptors (Lipinski definition) is 4. The zero-order valence-corrected chi connectivity index (χ0v) is 15.2. The van der Waals surface area contributed by atoms with E-state index in [4.69, 9.17) is 11.6 Å². The van der Waals surface area contributed by atoms with E-state index >= 15 is 0 Å². The van der Waals surface area contributed by atoms with Crippen molar-refractivity contribution in [3.8, 4) is 0 Å². The van der Waals surface area contributed by atoms with Gasteiger partial charge in [-0.2, -0.15) is 0 Å². The highest BCUT2D eigenvalue weighted by molar-refractivity contribution is 7.98. The molecule has 0 N–H and O–H groups in total. The van der Waals surface area contributed by atoms with Gasteiger partial charge in [0.05, 0.1) is 5.39 Å². The molecule has 0 fully saturated rings. The van der Waals surface area contributed by atoms with Crippen LogP contribution in [0.25, 0.3) is 10.2 Å². The molecule has 3 rings (SSSR count). The maximum absolute atomic E-state index is 13.1. The van der Waals surface area contributed by atoms with Gasteiger partial charge in [-0.1, -0.05) is 29.4 Å². The normalized spacial score (nSPS) is 11.3. The highest BCUT2D eigenvalue weighted by atomic mass is 35.5. The summed E-state index contributed by atoms with van der Waals surface area (Å²) >= 11 is 8.99. The average Bonchev–Trinajstić information content (AvgIpc) is 2.78. The predicted octanol–water partition coefficient (Wildman–Crippen LogP) is 4.70. The van der Waals surface area contributed by atoms with Crippen LogP contribution in [-0.4, -0.2) is 9.55 Å². The third kappa shape index (κ3) is 3.03. The number of aromatic nitrogens is 2. The Labute approximate surface area is 146 Å². The molecule has 0 saturated carbocycles. The molecule has 23 heavy (non-hydrogen) atoms. The van der Waals surface area contributed by atoms with E-state index in [9.17, 15) is 9.18 Å². The quantitative estimate of drug-likeness (QED) is 0.496. The molecule has 0 amide bonds. The zero-order chi connectivity index (χ0) is 16.7. The molecule has 0 bridgehead atoms. The first-order valence-corrected chi connectivity index (χ1v) is 9.10. The molecule has 3 aromatic rings. The van der Waals surface area contributed by atoms with Crippen molar-refractivity contribution in [2.75, 3.05) is 0 Å². The first kappa shape index (κ1) is 16.5. The van der Waals surface area contributed by atoms with Gasteiger partial charge < -0.3 is 0 Å². The van der Waals surface area contributed by atoms with Crippen molar-refractivity contribution in [1.29, 1.82) is 0 Å². The van der Waals surface area contributed by atoms with Gasteiger partial charge >= 0.3 is 0 Å². The van der Waals surface area contributed by atoms with Gasteiger partial charge in [0.1, 0.15) is 10.6 Å². The molecule has 0 atom stereocenters. The van der Waals surface area contributed by atoms with Crippen molar-refractivity contribution < 1.29 is 4.39 Å². The number of thioether (sulfide) groups is 1. The second kappa shape index (κ2) is 6.26. The Bertz CT molecular complexity index is 965. The topological polar surface area (TPSA) is 34.9 Å². The molecule has 2 heterocycles. The molecule has 0 saturated heterocycles. The Balaban J connectivity index is 1.97. The third-order valence-corrected chi connectivity index (χ3v) is 6.27. The van der Waals surface area contributed by atoms with Crippen molar-refractivity contribution >= 4 is 44.9 Å². The van der Waals surface area contributed by atoms with Crippen LogP contribution in [0.5, 0.6) is 0 Å². The number of benzene rings is 1. The number of rotatable bonds is 3. The van der Waals surface area contributed by atoms with E-state index in [1.807, 2.05) is 13.8 Å². The highest BCUT2D eigenvalue weighted by Gasteiger charge is 2.15. The van der Waals surface area contributed by atoms with Crippen LogP contribution in [0.3, 0.4) is 0 Å². The Hall–Kier alpha value is -1.37. The summed E-state index contributed by atoms with van der Waals surface area (Å²) in [4.78, 5) is 19.0. The summed E-state index contributed by atoms with van der Waals surface area (Å²) in [5.41, 5.74) is 1.77. The zero-order valence-electron chi connectivity index (χ0n) is 12.8. The van der Waals surface area contributed by atoms with Gasteiger partial charge in [0.2, 0.25) is 0 Å². The number of thiophene rings is 1. The standard InChI is InChI=1S/C16H14ClFN2OS2/c1-8-9(2)23-14-13(8)15(21)20(3)16(19-14)22-7-10-4-5-11(18)6-12(10)17/h4-6H,7H2,1-3H3. The minimum Gasteiger partial charge on any atom is -0.290 e. The van der Waals surface area contributed by atoms with E-state index in [1.165, 1.54) is 35.2 Å². The van der Waals surface area contributed by atoms with Crippen LogP contribution in [0, 0.1) is 19.7 Å². The summed E-state index contributed by atoms with van der Waals surface area (Å²) in [6.45, 7) is 3.94. The lowest BCUT2D eigenvalue weighted by Crippen LogP contribution is -2.19. The van der Waals surface area contributed by atoms with E-state index in [-0.39, 0.29) is 11.4 Å². The van der Waals surface area contributed by atoms with Crippen LogP contribution in [-0.2, 0) is 12.8 Å². The lowest BCUT2D eigenvalue weighted by molar-refractivity contribution is 0.627. The summed E-state index contributed by atoms with van der Waals surface area (Å²) in [5.74, 6) is 0.161. The number of fused-ring (bicyclic) bond motifs is 1.